The Labute approximate surface area is 141 Å². The van der Waals surface area contributed by atoms with Gasteiger partial charge in [0.2, 0.25) is 15.9 Å². The number of hydrogen-bond donors (Lipinski definition) is 4. The number of rotatable bonds is 9. The lowest BCUT2D eigenvalue weighted by Crippen LogP contribution is -2.41. The van der Waals surface area contributed by atoms with Gasteiger partial charge in [-0.2, -0.15) is 0 Å². The molecule has 0 heterocycles. The fourth-order valence-corrected chi connectivity index (χ4v) is 3.09. The average Bonchev–Trinajstić information content (AvgIpc) is 2.52. The lowest BCUT2D eigenvalue weighted by molar-refractivity contribution is -0.139. The molecule has 134 valence electrons. The van der Waals surface area contributed by atoms with Crippen LogP contribution < -0.4 is 15.4 Å². The number of carbonyl (C=O) groups excluding carboxylic acids is 1. The van der Waals surface area contributed by atoms with Gasteiger partial charge in [-0.1, -0.05) is 19.4 Å². The minimum Gasteiger partial charge on any atom is -0.480 e. The van der Waals surface area contributed by atoms with Gasteiger partial charge in [-0.05, 0) is 38.1 Å². The summed E-state index contributed by atoms with van der Waals surface area (Å²) in [4.78, 5) is 23.0. The van der Waals surface area contributed by atoms with Crippen LogP contribution in [0.15, 0.2) is 23.1 Å². The number of anilines is 1. The van der Waals surface area contributed by atoms with Gasteiger partial charge in [0, 0.05) is 5.69 Å². The van der Waals surface area contributed by atoms with E-state index in [-0.39, 0.29) is 11.4 Å². The van der Waals surface area contributed by atoms with Gasteiger partial charge in [0.15, 0.2) is 0 Å². The Hall–Kier alpha value is -1.97. The van der Waals surface area contributed by atoms with Crippen LogP contribution in [-0.4, -0.2) is 45.0 Å². The number of carboxylic acid groups (broad SMARTS) is 1. The standard InChI is InChI=1S/C15H23N3O5S/c1-4-5-12(15(20)21)17-9-14(19)18-11-7-6-10(2)13(8-11)24(22,23)16-3/h6-8,12,16-17H,4-5,9H2,1-3H3,(H,18,19)(H,20,21). The summed E-state index contributed by atoms with van der Waals surface area (Å²) in [7, 11) is -2.32. The van der Waals surface area contributed by atoms with E-state index in [1.165, 1.54) is 13.1 Å². The third-order valence-electron chi connectivity index (χ3n) is 3.41. The average molecular weight is 357 g/mol. The number of hydrogen-bond acceptors (Lipinski definition) is 5. The van der Waals surface area contributed by atoms with Crippen LogP contribution in [0.25, 0.3) is 0 Å². The summed E-state index contributed by atoms with van der Waals surface area (Å²) in [5, 5.41) is 14.2. The molecule has 1 aromatic rings. The highest BCUT2D eigenvalue weighted by Gasteiger charge is 2.18. The highest BCUT2D eigenvalue weighted by molar-refractivity contribution is 7.89. The molecule has 1 aromatic carbocycles. The topological polar surface area (TPSA) is 125 Å². The zero-order chi connectivity index (χ0) is 18.3. The summed E-state index contributed by atoms with van der Waals surface area (Å²) in [6.45, 7) is 3.33. The van der Waals surface area contributed by atoms with Gasteiger partial charge in [-0.25, -0.2) is 13.1 Å². The van der Waals surface area contributed by atoms with Crippen LogP contribution in [0, 0.1) is 6.92 Å². The molecule has 0 aliphatic rings. The van der Waals surface area contributed by atoms with E-state index in [0.717, 1.165) is 0 Å². The van der Waals surface area contributed by atoms with Crippen LogP contribution in [0.5, 0.6) is 0 Å². The lowest BCUT2D eigenvalue weighted by Gasteiger charge is -2.14. The molecule has 0 radical (unpaired) electrons. The summed E-state index contributed by atoms with van der Waals surface area (Å²) < 4.78 is 26.1. The molecule has 0 saturated carbocycles. The van der Waals surface area contributed by atoms with E-state index in [0.29, 0.717) is 24.1 Å². The van der Waals surface area contributed by atoms with Crippen LogP contribution in [0.1, 0.15) is 25.3 Å². The zero-order valence-electron chi connectivity index (χ0n) is 13.9. The van der Waals surface area contributed by atoms with Crippen LogP contribution in [0.3, 0.4) is 0 Å². The molecule has 0 aliphatic heterocycles. The molecule has 0 fully saturated rings. The molecular formula is C15H23N3O5S. The molecule has 4 N–H and O–H groups in total. The molecule has 1 rings (SSSR count). The largest absolute Gasteiger partial charge is 0.480 e. The highest BCUT2D eigenvalue weighted by atomic mass is 32.2. The van der Waals surface area contributed by atoms with E-state index in [1.807, 2.05) is 6.92 Å². The van der Waals surface area contributed by atoms with Gasteiger partial charge in [0.05, 0.1) is 11.4 Å². The number of benzene rings is 1. The third kappa shape index (κ3) is 5.59. The minimum atomic E-state index is -3.63. The van der Waals surface area contributed by atoms with Gasteiger partial charge in [-0.15, -0.1) is 0 Å². The fourth-order valence-electron chi connectivity index (χ4n) is 2.10. The zero-order valence-corrected chi connectivity index (χ0v) is 14.7. The van der Waals surface area contributed by atoms with Crippen molar-refractivity contribution in [3.05, 3.63) is 23.8 Å². The van der Waals surface area contributed by atoms with E-state index < -0.39 is 27.9 Å². The molecule has 24 heavy (non-hydrogen) atoms. The maximum absolute atomic E-state index is 11.9. The van der Waals surface area contributed by atoms with Gasteiger partial charge in [0.1, 0.15) is 6.04 Å². The summed E-state index contributed by atoms with van der Waals surface area (Å²) >= 11 is 0. The molecule has 8 nitrogen and oxygen atoms in total. The number of sulfonamides is 1. The summed E-state index contributed by atoms with van der Waals surface area (Å²) in [6, 6.07) is 3.74. The first-order valence-electron chi connectivity index (χ1n) is 7.51. The molecule has 0 saturated heterocycles. The Morgan fingerprint density at radius 1 is 1.29 bits per heavy atom. The number of aryl methyl sites for hydroxylation is 1. The number of aliphatic carboxylic acids is 1. The van der Waals surface area contributed by atoms with Gasteiger partial charge in [0.25, 0.3) is 0 Å². The van der Waals surface area contributed by atoms with Crippen molar-refractivity contribution < 1.29 is 23.1 Å². The number of nitrogens with one attached hydrogen (secondary N) is 3. The minimum absolute atomic E-state index is 0.0742. The first-order valence-corrected chi connectivity index (χ1v) is 8.99. The fraction of sp³-hybridized carbons (Fsp3) is 0.467. The third-order valence-corrected chi connectivity index (χ3v) is 4.97. The van der Waals surface area contributed by atoms with Crippen molar-refractivity contribution in [1.29, 1.82) is 0 Å². The molecule has 0 spiro atoms. The summed E-state index contributed by atoms with van der Waals surface area (Å²) in [6.07, 6.45) is 1.09. The molecule has 0 bridgehead atoms. The Bertz CT molecular complexity index is 703. The first-order chi connectivity index (χ1) is 11.2. The van der Waals surface area contributed by atoms with E-state index in [2.05, 4.69) is 15.4 Å². The number of carboxylic acids is 1. The Morgan fingerprint density at radius 2 is 1.96 bits per heavy atom. The predicted molar refractivity (Wildman–Crippen MR) is 90.4 cm³/mol. The van der Waals surface area contributed by atoms with Crippen molar-refractivity contribution in [3.8, 4) is 0 Å². The Morgan fingerprint density at radius 3 is 2.50 bits per heavy atom. The molecule has 0 aliphatic carbocycles. The van der Waals surface area contributed by atoms with Gasteiger partial charge in [-0.3, -0.25) is 14.9 Å². The SMILES string of the molecule is CCCC(NCC(=O)Nc1ccc(C)c(S(=O)(=O)NC)c1)C(=O)O. The van der Waals surface area contributed by atoms with Crippen LogP contribution in [-0.2, 0) is 19.6 Å². The molecule has 1 atom stereocenters. The normalized spacial score (nSPS) is 12.6. The van der Waals surface area contributed by atoms with Crippen LogP contribution in [0.2, 0.25) is 0 Å². The molecule has 1 amide bonds. The summed E-state index contributed by atoms with van der Waals surface area (Å²) in [5.41, 5.74) is 0.873. The van der Waals surface area contributed by atoms with Crippen molar-refractivity contribution in [1.82, 2.24) is 10.0 Å². The Kier molecular flexibility index (Phi) is 7.33. The maximum Gasteiger partial charge on any atom is 0.320 e. The van der Waals surface area contributed by atoms with E-state index in [9.17, 15) is 18.0 Å². The first kappa shape index (κ1) is 20.1. The smallest absolute Gasteiger partial charge is 0.320 e. The second-order valence-electron chi connectivity index (χ2n) is 5.30. The lowest BCUT2D eigenvalue weighted by atomic mass is 10.1. The number of amides is 1. The second kappa shape index (κ2) is 8.76. The molecule has 0 aromatic heterocycles. The molecular weight excluding hydrogens is 334 g/mol. The van der Waals surface area contributed by atoms with Crippen molar-refractivity contribution in [2.75, 3.05) is 18.9 Å². The second-order valence-corrected chi connectivity index (χ2v) is 7.15. The molecule has 9 heteroatoms. The monoisotopic (exact) mass is 357 g/mol. The van der Waals surface area contributed by atoms with Crippen molar-refractivity contribution >= 4 is 27.6 Å². The Balaban J connectivity index is 2.78. The van der Waals surface area contributed by atoms with Crippen molar-refractivity contribution in [3.63, 3.8) is 0 Å². The van der Waals surface area contributed by atoms with Gasteiger partial charge >= 0.3 is 5.97 Å². The number of carbonyl (C=O) groups is 2. The maximum atomic E-state index is 11.9. The quantitative estimate of drug-likeness (QED) is 0.515. The van der Waals surface area contributed by atoms with Crippen molar-refractivity contribution in [2.45, 2.75) is 37.6 Å². The predicted octanol–water partition coefficient (Wildman–Crippen LogP) is 0.685. The van der Waals surface area contributed by atoms with Gasteiger partial charge < -0.3 is 10.4 Å². The van der Waals surface area contributed by atoms with Crippen molar-refractivity contribution in [2.24, 2.45) is 0 Å². The van der Waals surface area contributed by atoms with E-state index >= 15 is 0 Å². The van der Waals surface area contributed by atoms with E-state index in [4.69, 9.17) is 5.11 Å². The van der Waals surface area contributed by atoms with Crippen LogP contribution in [0.4, 0.5) is 5.69 Å². The highest BCUT2D eigenvalue weighted by Crippen LogP contribution is 2.19. The van der Waals surface area contributed by atoms with E-state index in [1.54, 1.807) is 19.1 Å². The van der Waals surface area contributed by atoms with Crippen LogP contribution >= 0.6 is 0 Å². The summed E-state index contributed by atoms with van der Waals surface area (Å²) in [5.74, 6) is -1.46. The molecule has 1 unspecified atom stereocenters.